The van der Waals surface area contributed by atoms with Gasteiger partial charge in [0.25, 0.3) is 0 Å². The van der Waals surface area contributed by atoms with Crippen molar-refractivity contribution >= 4 is 11.3 Å². The van der Waals surface area contributed by atoms with Crippen LogP contribution in [0, 0.1) is 6.92 Å². The van der Waals surface area contributed by atoms with Crippen molar-refractivity contribution in [3.05, 3.63) is 81.5 Å². The molecule has 1 atom stereocenters. The second-order valence-electron chi connectivity index (χ2n) is 6.80. The second kappa shape index (κ2) is 8.13. The Morgan fingerprint density at radius 1 is 1.00 bits per heavy atom. The van der Waals surface area contributed by atoms with E-state index in [-0.39, 0.29) is 6.79 Å². The van der Waals surface area contributed by atoms with Crippen LogP contribution in [0.5, 0.6) is 11.5 Å². The van der Waals surface area contributed by atoms with Crippen LogP contribution in [-0.2, 0) is 13.1 Å². The zero-order chi connectivity index (χ0) is 18.6. The van der Waals surface area contributed by atoms with Gasteiger partial charge in [-0.25, -0.2) is 0 Å². The summed E-state index contributed by atoms with van der Waals surface area (Å²) in [5.41, 5.74) is 2.09. The summed E-state index contributed by atoms with van der Waals surface area (Å²) in [5, 5.41) is 10.7. The first kappa shape index (κ1) is 18.0. The van der Waals surface area contributed by atoms with Crippen LogP contribution in [-0.4, -0.2) is 23.3 Å². The number of benzene rings is 2. The Balaban J connectivity index is 1.51. The number of nitrogens with zero attached hydrogens (tertiary/aromatic N) is 1. The van der Waals surface area contributed by atoms with Gasteiger partial charge >= 0.3 is 0 Å². The summed E-state index contributed by atoms with van der Waals surface area (Å²) in [6.45, 7) is 4.50. The van der Waals surface area contributed by atoms with E-state index >= 15 is 0 Å². The molecular weight excluding hydrogens is 358 g/mol. The summed E-state index contributed by atoms with van der Waals surface area (Å²) < 4.78 is 10.9. The maximum absolute atomic E-state index is 10.7. The number of hydrogen-bond donors (Lipinski definition) is 1. The Bertz CT molecular complexity index is 894. The molecule has 4 nitrogen and oxygen atoms in total. The first-order chi connectivity index (χ1) is 13.2. The van der Waals surface area contributed by atoms with Gasteiger partial charge < -0.3 is 14.6 Å². The zero-order valence-electron chi connectivity index (χ0n) is 15.3. The van der Waals surface area contributed by atoms with Gasteiger partial charge in [-0.3, -0.25) is 4.90 Å². The fourth-order valence-corrected chi connectivity index (χ4v) is 4.23. The zero-order valence-corrected chi connectivity index (χ0v) is 16.1. The van der Waals surface area contributed by atoms with Crippen molar-refractivity contribution in [2.45, 2.75) is 26.1 Å². The van der Waals surface area contributed by atoms with Crippen LogP contribution >= 0.6 is 11.3 Å². The number of aliphatic hydroxyl groups is 1. The average Bonchev–Trinajstić information content (AvgIpc) is 3.30. The highest BCUT2D eigenvalue weighted by Crippen LogP contribution is 2.33. The molecule has 27 heavy (non-hydrogen) atoms. The number of aryl methyl sites for hydroxylation is 1. The van der Waals surface area contributed by atoms with Crippen LogP contribution in [0.1, 0.15) is 27.0 Å². The molecule has 4 rings (SSSR count). The molecule has 0 fully saturated rings. The SMILES string of the molecule is Cc1ccc(CN(Cc2ccc3c(c2)OCO3)CC(O)c2ccccc2)s1. The molecular formula is C22H23NO3S. The molecule has 2 heterocycles. The molecule has 0 saturated carbocycles. The van der Waals surface area contributed by atoms with Crippen molar-refractivity contribution in [3.63, 3.8) is 0 Å². The molecule has 0 bridgehead atoms. The number of thiophene rings is 1. The van der Waals surface area contributed by atoms with Crippen LogP contribution in [0.25, 0.3) is 0 Å². The first-order valence-corrected chi connectivity index (χ1v) is 9.88. The maximum Gasteiger partial charge on any atom is 0.231 e. The van der Waals surface area contributed by atoms with Crippen LogP contribution in [0.2, 0.25) is 0 Å². The molecule has 1 aromatic heterocycles. The molecule has 1 N–H and O–H groups in total. The molecule has 3 aromatic rings. The van der Waals surface area contributed by atoms with Crippen molar-refractivity contribution in [2.75, 3.05) is 13.3 Å². The molecule has 0 radical (unpaired) electrons. The van der Waals surface area contributed by atoms with Crippen molar-refractivity contribution in [1.82, 2.24) is 4.90 Å². The third-order valence-corrected chi connectivity index (χ3v) is 5.62. The largest absolute Gasteiger partial charge is 0.454 e. The summed E-state index contributed by atoms with van der Waals surface area (Å²) in [6, 6.07) is 20.2. The lowest BCUT2D eigenvalue weighted by molar-refractivity contribution is 0.105. The van der Waals surface area contributed by atoms with Gasteiger partial charge in [0.2, 0.25) is 6.79 Å². The van der Waals surface area contributed by atoms with Crippen molar-refractivity contribution in [1.29, 1.82) is 0 Å². The van der Waals surface area contributed by atoms with Gasteiger partial charge in [-0.05, 0) is 42.3 Å². The monoisotopic (exact) mass is 381 g/mol. The Morgan fingerprint density at radius 3 is 2.59 bits per heavy atom. The highest BCUT2D eigenvalue weighted by atomic mass is 32.1. The third kappa shape index (κ3) is 4.50. The van der Waals surface area contributed by atoms with Crippen LogP contribution in [0.3, 0.4) is 0 Å². The molecule has 0 saturated heterocycles. The van der Waals surface area contributed by atoms with E-state index in [2.05, 4.69) is 30.0 Å². The van der Waals surface area contributed by atoms with Gasteiger partial charge in [0.15, 0.2) is 11.5 Å². The predicted molar refractivity (Wildman–Crippen MR) is 107 cm³/mol. The molecule has 1 aliphatic heterocycles. The highest BCUT2D eigenvalue weighted by molar-refractivity contribution is 7.11. The van der Waals surface area contributed by atoms with E-state index in [0.717, 1.165) is 35.7 Å². The van der Waals surface area contributed by atoms with E-state index in [0.29, 0.717) is 6.54 Å². The molecule has 2 aromatic carbocycles. The van der Waals surface area contributed by atoms with E-state index in [4.69, 9.17) is 9.47 Å². The van der Waals surface area contributed by atoms with E-state index < -0.39 is 6.10 Å². The summed E-state index contributed by atoms with van der Waals surface area (Å²) in [5.74, 6) is 1.59. The van der Waals surface area contributed by atoms with Gasteiger partial charge in [-0.1, -0.05) is 36.4 Å². The van der Waals surface area contributed by atoms with Gasteiger partial charge in [-0.15, -0.1) is 11.3 Å². The minimum atomic E-state index is -0.527. The summed E-state index contributed by atoms with van der Waals surface area (Å²) >= 11 is 1.80. The average molecular weight is 381 g/mol. The van der Waals surface area contributed by atoms with E-state index in [9.17, 15) is 5.11 Å². The fraction of sp³-hybridized carbons (Fsp3) is 0.273. The maximum atomic E-state index is 10.7. The molecule has 0 aliphatic carbocycles. The van der Waals surface area contributed by atoms with Crippen molar-refractivity contribution < 1.29 is 14.6 Å². The quantitative estimate of drug-likeness (QED) is 0.653. The lowest BCUT2D eigenvalue weighted by Gasteiger charge is -2.25. The number of ether oxygens (including phenoxy) is 2. The molecule has 5 heteroatoms. The van der Waals surface area contributed by atoms with Crippen LogP contribution < -0.4 is 9.47 Å². The Hall–Kier alpha value is -2.34. The Kier molecular flexibility index (Phi) is 5.43. The number of aliphatic hydroxyl groups excluding tert-OH is 1. The molecule has 0 spiro atoms. The van der Waals surface area contributed by atoms with Crippen molar-refractivity contribution in [3.8, 4) is 11.5 Å². The normalized spacial score (nSPS) is 13.9. The minimum absolute atomic E-state index is 0.281. The van der Waals surface area contributed by atoms with Gasteiger partial charge in [0.05, 0.1) is 6.10 Å². The van der Waals surface area contributed by atoms with E-state index in [1.54, 1.807) is 11.3 Å². The Labute approximate surface area is 163 Å². The van der Waals surface area contributed by atoms with Crippen LogP contribution in [0.4, 0.5) is 0 Å². The minimum Gasteiger partial charge on any atom is -0.454 e. The van der Waals surface area contributed by atoms with Gasteiger partial charge in [0.1, 0.15) is 0 Å². The summed E-state index contributed by atoms with van der Waals surface area (Å²) in [4.78, 5) is 4.88. The van der Waals surface area contributed by atoms with Gasteiger partial charge in [-0.2, -0.15) is 0 Å². The smallest absolute Gasteiger partial charge is 0.231 e. The van der Waals surface area contributed by atoms with E-state index in [1.807, 2.05) is 42.5 Å². The van der Waals surface area contributed by atoms with Gasteiger partial charge in [0, 0.05) is 29.4 Å². The standard InChI is InChI=1S/C22H23NO3S/c1-16-7-9-19(27-16)13-23(14-20(24)18-5-3-2-4-6-18)12-17-8-10-21-22(11-17)26-15-25-21/h2-11,20,24H,12-15H2,1H3. The van der Waals surface area contributed by atoms with Crippen molar-refractivity contribution in [2.24, 2.45) is 0 Å². The summed E-state index contributed by atoms with van der Waals surface area (Å²) in [6.07, 6.45) is -0.527. The molecule has 0 amide bonds. The summed E-state index contributed by atoms with van der Waals surface area (Å²) in [7, 11) is 0. The van der Waals surface area contributed by atoms with Crippen LogP contribution in [0.15, 0.2) is 60.7 Å². The molecule has 1 aliphatic rings. The second-order valence-corrected chi connectivity index (χ2v) is 8.17. The first-order valence-electron chi connectivity index (χ1n) is 9.06. The molecule has 140 valence electrons. The molecule has 1 unspecified atom stereocenters. The third-order valence-electron chi connectivity index (χ3n) is 4.63. The predicted octanol–water partition coefficient (Wildman–Crippen LogP) is 4.52. The lowest BCUT2D eigenvalue weighted by atomic mass is 10.1. The topological polar surface area (TPSA) is 41.9 Å². The lowest BCUT2D eigenvalue weighted by Crippen LogP contribution is -2.27. The number of hydrogen-bond acceptors (Lipinski definition) is 5. The number of rotatable bonds is 7. The highest BCUT2D eigenvalue weighted by Gasteiger charge is 2.18. The van der Waals surface area contributed by atoms with E-state index in [1.165, 1.54) is 9.75 Å². The fourth-order valence-electron chi connectivity index (χ4n) is 3.30. The number of fused-ring (bicyclic) bond motifs is 1. The Morgan fingerprint density at radius 2 is 1.81 bits per heavy atom.